The zero-order valence-corrected chi connectivity index (χ0v) is 10.4. The molecule has 1 aromatic rings. The Balaban J connectivity index is 2.72. The third-order valence-corrected chi connectivity index (χ3v) is 2.63. The lowest BCUT2D eigenvalue weighted by atomic mass is 10.1. The van der Waals surface area contributed by atoms with Gasteiger partial charge in [-0.2, -0.15) is 5.26 Å². The fourth-order valence-corrected chi connectivity index (χ4v) is 1.38. The molecule has 1 rings (SSSR count). The first-order valence-corrected chi connectivity index (χ1v) is 5.57. The number of nitrogens with one attached hydrogen (secondary N) is 1. The molecule has 4 heteroatoms. The van der Waals surface area contributed by atoms with Crippen LogP contribution in [0.1, 0.15) is 18.1 Å². The number of carbonyl (C=O) groups is 1. The van der Waals surface area contributed by atoms with Gasteiger partial charge in [0.2, 0.25) is 5.91 Å². The Hall–Kier alpha value is -2.02. The molecule has 90 valence electrons. The summed E-state index contributed by atoms with van der Waals surface area (Å²) >= 11 is 0. The van der Waals surface area contributed by atoms with Crippen LogP contribution in [-0.4, -0.2) is 30.9 Å². The highest BCUT2D eigenvalue weighted by Gasteiger charge is 2.08. The molecule has 0 fully saturated rings. The number of aryl methyl sites for hydroxylation is 1. The zero-order chi connectivity index (χ0) is 12.8. The summed E-state index contributed by atoms with van der Waals surface area (Å²) in [5.74, 6) is 0.0119. The maximum Gasteiger partial charge on any atom is 0.241 e. The SMILES string of the molecule is CCN(C)C(=O)CNc1cc(C)ccc1C#N. The Morgan fingerprint density at radius 2 is 2.24 bits per heavy atom. The van der Waals surface area contributed by atoms with Gasteiger partial charge in [-0.05, 0) is 31.5 Å². The summed E-state index contributed by atoms with van der Waals surface area (Å²) in [6, 6.07) is 7.61. The van der Waals surface area contributed by atoms with Crippen molar-refractivity contribution in [1.82, 2.24) is 4.90 Å². The number of amides is 1. The van der Waals surface area contributed by atoms with Crippen molar-refractivity contribution in [3.63, 3.8) is 0 Å². The average Bonchev–Trinajstić information content (AvgIpc) is 2.35. The molecule has 0 unspecified atom stereocenters. The summed E-state index contributed by atoms with van der Waals surface area (Å²) in [6.07, 6.45) is 0. The van der Waals surface area contributed by atoms with Crippen LogP contribution in [0.25, 0.3) is 0 Å². The molecule has 0 spiro atoms. The van der Waals surface area contributed by atoms with Crippen molar-refractivity contribution in [1.29, 1.82) is 5.26 Å². The number of carbonyl (C=O) groups excluding carboxylic acids is 1. The van der Waals surface area contributed by atoms with E-state index in [1.54, 1.807) is 18.0 Å². The van der Waals surface area contributed by atoms with Gasteiger partial charge in [-0.1, -0.05) is 6.07 Å². The van der Waals surface area contributed by atoms with Gasteiger partial charge in [0.05, 0.1) is 17.8 Å². The summed E-state index contributed by atoms with van der Waals surface area (Å²) in [6.45, 7) is 4.76. The Kier molecular flexibility index (Phi) is 4.53. The molecule has 4 nitrogen and oxygen atoms in total. The highest BCUT2D eigenvalue weighted by molar-refractivity contribution is 5.81. The molecule has 0 atom stereocenters. The largest absolute Gasteiger partial charge is 0.375 e. The average molecular weight is 231 g/mol. The highest BCUT2D eigenvalue weighted by atomic mass is 16.2. The lowest BCUT2D eigenvalue weighted by Crippen LogP contribution is -2.32. The van der Waals surface area contributed by atoms with Gasteiger partial charge in [-0.25, -0.2) is 0 Å². The van der Waals surface area contributed by atoms with Crippen molar-refractivity contribution in [2.45, 2.75) is 13.8 Å². The smallest absolute Gasteiger partial charge is 0.241 e. The van der Waals surface area contributed by atoms with E-state index in [0.717, 1.165) is 5.56 Å². The molecule has 0 bridgehead atoms. The predicted octanol–water partition coefficient (Wildman–Crippen LogP) is 1.76. The molecule has 0 heterocycles. The van der Waals surface area contributed by atoms with Crippen molar-refractivity contribution < 1.29 is 4.79 Å². The lowest BCUT2D eigenvalue weighted by molar-refractivity contribution is -0.127. The van der Waals surface area contributed by atoms with E-state index in [2.05, 4.69) is 11.4 Å². The van der Waals surface area contributed by atoms with Gasteiger partial charge in [0, 0.05) is 13.6 Å². The van der Waals surface area contributed by atoms with E-state index in [1.807, 2.05) is 26.0 Å². The number of anilines is 1. The molecule has 0 radical (unpaired) electrons. The van der Waals surface area contributed by atoms with Crippen LogP contribution in [0.3, 0.4) is 0 Å². The van der Waals surface area contributed by atoms with Gasteiger partial charge >= 0.3 is 0 Å². The summed E-state index contributed by atoms with van der Waals surface area (Å²) in [5, 5.41) is 12.0. The minimum absolute atomic E-state index is 0.0119. The molecule has 0 aromatic heterocycles. The summed E-state index contributed by atoms with van der Waals surface area (Å²) in [4.78, 5) is 13.2. The monoisotopic (exact) mass is 231 g/mol. The molecule has 0 saturated heterocycles. The Labute approximate surface area is 102 Å². The molecule has 0 aliphatic carbocycles. The van der Waals surface area contributed by atoms with Crippen molar-refractivity contribution in [3.05, 3.63) is 29.3 Å². The van der Waals surface area contributed by atoms with E-state index < -0.39 is 0 Å². The number of rotatable bonds is 4. The van der Waals surface area contributed by atoms with Gasteiger partial charge in [0.15, 0.2) is 0 Å². The molecule has 1 amide bonds. The summed E-state index contributed by atoms with van der Waals surface area (Å²) < 4.78 is 0. The van der Waals surface area contributed by atoms with Crippen LogP contribution < -0.4 is 5.32 Å². The van der Waals surface area contributed by atoms with Gasteiger partial charge in [0.25, 0.3) is 0 Å². The molecular weight excluding hydrogens is 214 g/mol. The number of nitriles is 1. The van der Waals surface area contributed by atoms with Gasteiger partial charge in [0.1, 0.15) is 6.07 Å². The van der Waals surface area contributed by atoms with E-state index in [0.29, 0.717) is 17.8 Å². The van der Waals surface area contributed by atoms with Crippen LogP contribution in [0, 0.1) is 18.3 Å². The maximum atomic E-state index is 11.6. The van der Waals surface area contributed by atoms with Crippen molar-refractivity contribution >= 4 is 11.6 Å². The summed E-state index contributed by atoms with van der Waals surface area (Å²) in [7, 11) is 1.76. The van der Waals surface area contributed by atoms with Crippen LogP contribution in [0.4, 0.5) is 5.69 Å². The first-order chi connectivity index (χ1) is 8.08. The second-order valence-corrected chi connectivity index (χ2v) is 3.92. The van der Waals surface area contributed by atoms with Crippen LogP contribution >= 0.6 is 0 Å². The van der Waals surface area contributed by atoms with Crippen LogP contribution in [0.2, 0.25) is 0 Å². The number of hydrogen-bond acceptors (Lipinski definition) is 3. The van der Waals surface area contributed by atoms with E-state index >= 15 is 0 Å². The van der Waals surface area contributed by atoms with E-state index in [9.17, 15) is 4.79 Å². The zero-order valence-electron chi connectivity index (χ0n) is 10.4. The minimum Gasteiger partial charge on any atom is -0.375 e. The third-order valence-electron chi connectivity index (χ3n) is 2.63. The van der Waals surface area contributed by atoms with Gasteiger partial charge in [-0.15, -0.1) is 0 Å². The molecule has 0 aliphatic heterocycles. The van der Waals surface area contributed by atoms with E-state index in [1.165, 1.54) is 0 Å². The van der Waals surface area contributed by atoms with E-state index in [4.69, 9.17) is 5.26 Å². The van der Waals surface area contributed by atoms with Crippen molar-refractivity contribution in [3.8, 4) is 6.07 Å². The fourth-order valence-electron chi connectivity index (χ4n) is 1.38. The standard InChI is InChI=1S/C13H17N3O/c1-4-16(3)13(17)9-15-12-7-10(2)5-6-11(12)8-14/h5-7,15H,4,9H2,1-3H3. The third kappa shape index (κ3) is 3.49. The Bertz CT molecular complexity index is 448. The van der Waals surface area contributed by atoms with Crippen LogP contribution in [0.5, 0.6) is 0 Å². The van der Waals surface area contributed by atoms with Crippen LogP contribution in [0.15, 0.2) is 18.2 Å². The molecular formula is C13H17N3O. The van der Waals surface area contributed by atoms with Gasteiger partial charge in [-0.3, -0.25) is 4.79 Å². The molecule has 1 N–H and O–H groups in total. The lowest BCUT2D eigenvalue weighted by Gasteiger charge is -2.15. The Morgan fingerprint density at radius 1 is 1.53 bits per heavy atom. The first-order valence-electron chi connectivity index (χ1n) is 5.57. The number of likely N-dealkylation sites (N-methyl/N-ethyl adjacent to an activating group) is 1. The molecule has 0 saturated carbocycles. The quantitative estimate of drug-likeness (QED) is 0.859. The van der Waals surface area contributed by atoms with Gasteiger partial charge < -0.3 is 10.2 Å². The minimum atomic E-state index is 0.0119. The van der Waals surface area contributed by atoms with Crippen LogP contribution in [-0.2, 0) is 4.79 Å². The maximum absolute atomic E-state index is 11.6. The molecule has 17 heavy (non-hydrogen) atoms. The highest BCUT2D eigenvalue weighted by Crippen LogP contribution is 2.16. The van der Waals surface area contributed by atoms with Crippen molar-refractivity contribution in [2.75, 3.05) is 25.5 Å². The number of nitrogens with zero attached hydrogens (tertiary/aromatic N) is 2. The molecule has 1 aromatic carbocycles. The second-order valence-electron chi connectivity index (χ2n) is 3.92. The van der Waals surface area contributed by atoms with Crippen molar-refractivity contribution in [2.24, 2.45) is 0 Å². The second kappa shape index (κ2) is 5.90. The predicted molar refractivity (Wildman–Crippen MR) is 67.7 cm³/mol. The first kappa shape index (κ1) is 13.0. The Morgan fingerprint density at radius 3 is 2.82 bits per heavy atom. The number of benzene rings is 1. The number of hydrogen-bond donors (Lipinski definition) is 1. The molecule has 0 aliphatic rings. The topological polar surface area (TPSA) is 56.1 Å². The fraction of sp³-hybridized carbons (Fsp3) is 0.385. The van der Waals surface area contributed by atoms with E-state index in [-0.39, 0.29) is 12.5 Å². The summed E-state index contributed by atoms with van der Waals surface area (Å²) in [5.41, 5.74) is 2.33. The normalized spacial score (nSPS) is 9.53.